The molecule has 4 nitrogen and oxygen atoms in total. The molecule has 0 amide bonds. The predicted molar refractivity (Wildman–Crippen MR) is 78.3 cm³/mol. The van der Waals surface area contributed by atoms with Crippen molar-refractivity contribution in [3.05, 3.63) is 22.7 Å². The standard InChI is InChI=1S/C15H25N3O/c1-12(2)10-15(6-4-5-7-15)11-17-13-14(19)18(3)9-8-16-13/h8-9,12H,4-7,10-11H2,1-3H3,(H,16,17). The third-order valence-electron chi connectivity index (χ3n) is 4.15. The Morgan fingerprint density at radius 1 is 1.42 bits per heavy atom. The fraction of sp³-hybridized carbons (Fsp3) is 0.733. The van der Waals surface area contributed by atoms with Crippen molar-refractivity contribution in [1.82, 2.24) is 9.55 Å². The van der Waals surface area contributed by atoms with E-state index >= 15 is 0 Å². The lowest BCUT2D eigenvalue weighted by atomic mass is 9.78. The molecule has 1 heterocycles. The van der Waals surface area contributed by atoms with Crippen LogP contribution < -0.4 is 10.9 Å². The highest BCUT2D eigenvalue weighted by Crippen LogP contribution is 2.43. The largest absolute Gasteiger partial charge is 0.365 e. The van der Waals surface area contributed by atoms with E-state index in [-0.39, 0.29) is 5.56 Å². The van der Waals surface area contributed by atoms with Crippen LogP contribution in [0.5, 0.6) is 0 Å². The Morgan fingerprint density at radius 2 is 2.11 bits per heavy atom. The van der Waals surface area contributed by atoms with Crippen LogP contribution in [0.1, 0.15) is 46.0 Å². The molecule has 0 unspecified atom stereocenters. The molecule has 1 saturated carbocycles. The quantitative estimate of drug-likeness (QED) is 0.888. The van der Waals surface area contributed by atoms with Crippen molar-refractivity contribution < 1.29 is 0 Å². The van der Waals surface area contributed by atoms with Gasteiger partial charge in [0.2, 0.25) is 0 Å². The Hall–Kier alpha value is -1.32. The van der Waals surface area contributed by atoms with Gasteiger partial charge in [-0.2, -0.15) is 0 Å². The van der Waals surface area contributed by atoms with E-state index in [1.165, 1.54) is 32.1 Å². The summed E-state index contributed by atoms with van der Waals surface area (Å²) in [7, 11) is 1.76. The van der Waals surface area contributed by atoms with Crippen molar-refractivity contribution in [1.29, 1.82) is 0 Å². The third kappa shape index (κ3) is 3.37. The summed E-state index contributed by atoms with van der Waals surface area (Å²) in [5.41, 5.74) is 0.316. The molecule has 106 valence electrons. The summed E-state index contributed by atoms with van der Waals surface area (Å²) < 4.78 is 1.57. The first-order valence-electron chi connectivity index (χ1n) is 7.28. The summed E-state index contributed by atoms with van der Waals surface area (Å²) >= 11 is 0. The van der Waals surface area contributed by atoms with Crippen LogP contribution in [0.25, 0.3) is 0 Å². The zero-order chi connectivity index (χ0) is 13.9. The van der Waals surface area contributed by atoms with Crippen LogP contribution in [-0.4, -0.2) is 16.1 Å². The van der Waals surface area contributed by atoms with Gasteiger partial charge >= 0.3 is 0 Å². The van der Waals surface area contributed by atoms with Crippen LogP contribution in [0.3, 0.4) is 0 Å². The zero-order valence-corrected chi connectivity index (χ0v) is 12.3. The molecule has 0 saturated heterocycles. The van der Waals surface area contributed by atoms with Crippen molar-refractivity contribution in [3.8, 4) is 0 Å². The van der Waals surface area contributed by atoms with Crippen molar-refractivity contribution in [3.63, 3.8) is 0 Å². The van der Waals surface area contributed by atoms with Crippen molar-refractivity contribution >= 4 is 5.82 Å². The highest BCUT2D eigenvalue weighted by atomic mass is 16.1. The number of hydrogen-bond acceptors (Lipinski definition) is 3. The van der Waals surface area contributed by atoms with Gasteiger partial charge in [-0.25, -0.2) is 4.98 Å². The minimum Gasteiger partial charge on any atom is -0.365 e. The van der Waals surface area contributed by atoms with E-state index < -0.39 is 0 Å². The SMILES string of the molecule is CC(C)CC1(CNc2nccn(C)c2=O)CCCC1. The highest BCUT2D eigenvalue weighted by Gasteiger charge is 2.34. The molecule has 19 heavy (non-hydrogen) atoms. The Balaban J connectivity index is 2.07. The smallest absolute Gasteiger partial charge is 0.293 e. The molecule has 0 spiro atoms. The molecule has 2 rings (SSSR count). The first-order valence-corrected chi connectivity index (χ1v) is 7.28. The molecular formula is C15H25N3O. The van der Waals surface area contributed by atoms with Gasteiger partial charge in [0.1, 0.15) is 0 Å². The predicted octanol–water partition coefficient (Wildman–Crippen LogP) is 2.80. The summed E-state index contributed by atoms with van der Waals surface area (Å²) in [6.45, 7) is 5.43. The fourth-order valence-electron chi connectivity index (χ4n) is 3.33. The summed E-state index contributed by atoms with van der Waals surface area (Å²) in [6.07, 6.45) is 9.76. The lowest BCUT2D eigenvalue weighted by Crippen LogP contribution is -2.31. The number of aromatic nitrogens is 2. The maximum absolute atomic E-state index is 11.9. The van der Waals surface area contributed by atoms with Gasteiger partial charge in [0.25, 0.3) is 5.56 Å². The maximum atomic E-state index is 11.9. The van der Waals surface area contributed by atoms with Gasteiger partial charge in [-0.3, -0.25) is 4.79 Å². The van der Waals surface area contributed by atoms with Gasteiger partial charge < -0.3 is 9.88 Å². The second-order valence-electron chi connectivity index (χ2n) is 6.35. The summed E-state index contributed by atoms with van der Waals surface area (Å²) in [5.74, 6) is 1.19. The summed E-state index contributed by atoms with van der Waals surface area (Å²) in [4.78, 5) is 16.1. The number of rotatable bonds is 5. The summed E-state index contributed by atoms with van der Waals surface area (Å²) in [5, 5.41) is 3.30. The first kappa shape index (κ1) is 14.1. The van der Waals surface area contributed by atoms with Gasteiger partial charge in [-0.1, -0.05) is 26.7 Å². The van der Waals surface area contributed by atoms with Gasteiger partial charge in [-0.15, -0.1) is 0 Å². The van der Waals surface area contributed by atoms with Gasteiger partial charge in [0.15, 0.2) is 5.82 Å². The van der Waals surface area contributed by atoms with Crippen molar-refractivity contribution in [2.24, 2.45) is 18.4 Å². The number of hydrogen-bond donors (Lipinski definition) is 1. The number of nitrogens with zero attached hydrogens (tertiary/aromatic N) is 2. The normalized spacial score (nSPS) is 17.9. The molecule has 1 fully saturated rings. The minimum atomic E-state index is -0.0415. The van der Waals surface area contributed by atoms with Crippen LogP contribution in [0.15, 0.2) is 17.2 Å². The number of anilines is 1. The van der Waals surface area contributed by atoms with Crippen LogP contribution >= 0.6 is 0 Å². The molecule has 0 aromatic carbocycles. The summed E-state index contributed by atoms with van der Waals surface area (Å²) in [6, 6.07) is 0. The van der Waals surface area contributed by atoms with E-state index in [4.69, 9.17) is 0 Å². The van der Waals surface area contributed by atoms with E-state index in [9.17, 15) is 4.79 Å². The van der Waals surface area contributed by atoms with E-state index in [0.717, 1.165) is 6.54 Å². The maximum Gasteiger partial charge on any atom is 0.293 e. The minimum absolute atomic E-state index is 0.0415. The van der Waals surface area contributed by atoms with Crippen molar-refractivity contribution in [2.75, 3.05) is 11.9 Å². The van der Waals surface area contributed by atoms with Gasteiger partial charge in [0.05, 0.1) is 0 Å². The van der Waals surface area contributed by atoms with Crippen LogP contribution in [-0.2, 0) is 7.05 Å². The van der Waals surface area contributed by atoms with Crippen molar-refractivity contribution in [2.45, 2.75) is 46.0 Å². The molecule has 1 aliphatic rings. The van der Waals surface area contributed by atoms with E-state index in [2.05, 4.69) is 24.1 Å². The molecule has 1 aliphatic carbocycles. The van der Waals surface area contributed by atoms with Crippen LogP contribution in [0, 0.1) is 11.3 Å². The fourth-order valence-corrected chi connectivity index (χ4v) is 3.33. The van der Waals surface area contributed by atoms with E-state index in [0.29, 0.717) is 17.2 Å². The Morgan fingerprint density at radius 3 is 2.74 bits per heavy atom. The topological polar surface area (TPSA) is 46.9 Å². The molecule has 0 bridgehead atoms. The van der Waals surface area contributed by atoms with Crippen LogP contribution in [0.4, 0.5) is 5.82 Å². The van der Waals surface area contributed by atoms with Crippen LogP contribution in [0.2, 0.25) is 0 Å². The second-order valence-corrected chi connectivity index (χ2v) is 6.35. The first-order chi connectivity index (χ1) is 9.02. The average molecular weight is 263 g/mol. The Kier molecular flexibility index (Phi) is 4.27. The highest BCUT2D eigenvalue weighted by molar-refractivity contribution is 5.31. The third-order valence-corrected chi connectivity index (χ3v) is 4.15. The molecule has 1 aromatic heterocycles. The van der Waals surface area contributed by atoms with Gasteiger partial charge in [-0.05, 0) is 30.6 Å². The Bertz CT molecular complexity index is 473. The molecule has 1 N–H and O–H groups in total. The molecule has 0 radical (unpaired) electrons. The molecule has 0 aliphatic heterocycles. The average Bonchev–Trinajstić information content (AvgIpc) is 2.79. The van der Waals surface area contributed by atoms with E-state index in [1.807, 2.05) is 0 Å². The molecule has 1 aromatic rings. The zero-order valence-electron chi connectivity index (χ0n) is 12.3. The molecular weight excluding hydrogens is 238 g/mol. The number of aryl methyl sites for hydroxylation is 1. The number of nitrogens with one attached hydrogen (secondary N) is 1. The van der Waals surface area contributed by atoms with E-state index in [1.54, 1.807) is 24.0 Å². The van der Waals surface area contributed by atoms with Gasteiger partial charge in [0, 0.05) is 26.0 Å². The molecule has 0 atom stereocenters. The monoisotopic (exact) mass is 263 g/mol. The molecule has 4 heteroatoms. The Labute approximate surface area is 115 Å². The second kappa shape index (κ2) is 5.76. The lowest BCUT2D eigenvalue weighted by Gasteiger charge is -2.31. The lowest BCUT2D eigenvalue weighted by molar-refractivity contribution is 0.252.